The molecule has 10 heavy (non-hydrogen) atoms. The van der Waals surface area contributed by atoms with Crippen molar-refractivity contribution in [3.05, 3.63) is 32.7 Å². The van der Waals surface area contributed by atoms with E-state index in [0.717, 1.165) is 4.47 Å². The highest BCUT2D eigenvalue weighted by Gasteiger charge is 2.07. The van der Waals surface area contributed by atoms with Gasteiger partial charge in [-0.3, -0.25) is 0 Å². The van der Waals surface area contributed by atoms with Crippen LogP contribution in [-0.4, -0.2) is 0 Å². The maximum atomic E-state index is 10.9. The fraction of sp³-hybridized carbons (Fsp3) is 0.167. The Hall–Kier alpha value is -0.280. The summed E-state index contributed by atoms with van der Waals surface area (Å²) in [4.78, 5) is 0. The maximum Gasteiger partial charge on any atom is 0.286 e. The molecule has 4 heteroatoms. The van der Waals surface area contributed by atoms with Crippen LogP contribution in [0.25, 0.3) is 0 Å². The molecule has 1 heterocycles. The molecule has 0 aliphatic carbocycles. The fourth-order valence-corrected chi connectivity index (χ4v) is 1.07. The summed E-state index contributed by atoms with van der Waals surface area (Å²) in [5, 5.41) is 11.1. The number of rotatable bonds is 0. The third-order valence-corrected chi connectivity index (χ3v) is 2.33. The van der Waals surface area contributed by atoms with E-state index in [0.29, 0.717) is 10.4 Å². The molecule has 1 aromatic heterocycles. The summed E-state index contributed by atoms with van der Waals surface area (Å²) >= 11 is 8.72. The van der Waals surface area contributed by atoms with E-state index >= 15 is 0 Å². The van der Waals surface area contributed by atoms with Gasteiger partial charge in [0.25, 0.3) is 5.15 Å². The fourth-order valence-electron chi connectivity index (χ4n) is 0.587. The van der Waals surface area contributed by atoms with Crippen LogP contribution >= 0.6 is 27.5 Å². The van der Waals surface area contributed by atoms with Gasteiger partial charge in [-0.1, -0.05) is 0 Å². The lowest BCUT2D eigenvalue weighted by atomic mass is 10.4. The predicted molar refractivity (Wildman–Crippen MR) is 42.8 cm³/mol. The van der Waals surface area contributed by atoms with Gasteiger partial charge in [-0.05, 0) is 33.6 Å². The Labute approximate surface area is 72.1 Å². The molecule has 0 bridgehead atoms. The third kappa shape index (κ3) is 1.25. The minimum Gasteiger partial charge on any atom is -0.617 e. The standard InChI is InChI=1S/C6H5BrClNO/c1-4-5(7)2-3-6(8)9(4)10/h2-3H,1H3. The summed E-state index contributed by atoms with van der Waals surface area (Å²) in [6, 6.07) is 3.29. The Morgan fingerprint density at radius 1 is 1.60 bits per heavy atom. The second-order valence-electron chi connectivity index (χ2n) is 1.88. The number of hydrogen-bond acceptors (Lipinski definition) is 1. The lowest BCUT2D eigenvalue weighted by molar-refractivity contribution is -0.610. The van der Waals surface area contributed by atoms with Gasteiger partial charge < -0.3 is 5.21 Å². The third-order valence-electron chi connectivity index (χ3n) is 1.21. The van der Waals surface area contributed by atoms with Crippen molar-refractivity contribution >= 4 is 27.5 Å². The van der Waals surface area contributed by atoms with Crippen LogP contribution in [-0.2, 0) is 0 Å². The van der Waals surface area contributed by atoms with E-state index in [1.165, 1.54) is 0 Å². The smallest absolute Gasteiger partial charge is 0.286 e. The van der Waals surface area contributed by atoms with Crippen LogP contribution in [0.2, 0.25) is 5.15 Å². The Bertz CT molecular complexity index is 237. The van der Waals surface area contributed by atoms with Crippen LogP contribution in [0.3, 0.4) is 0 Å². The van der Waals surface area contributed by atoms with Crippen molar-refractivity contribution in [2.75, 3.05) is 0 Å². The first-order chi connectivity index (χ1) is 4.63. The Kier molecular flexibility index (Phi) is 2.16. The van der Waals surface area contributed by atoms with E-state index in [-0.39, 0.29) is 5.15 Å². The number of halogens is 2. The minimum absolute atomic E-state index is 0.195. The number of aromatic nitrogens is 1. The van der Waals surface area contributed by atoms with E-state index in [4.69, 9.17) is 11.6 Å². The summed E-state index contributed by atoms with van der Waals surface area (Å²) in [7, 11) is 0. The highest BCUT2D eigenvalue weighted by Crippen LogP contribution is 2.13. The monoisotopic (exact) mass is 221 g/mol. The van der Waals surface area contributed by atoms with Gasteiger partial charge in [0.1, 0.15) is 0 Å². The molecule has 0 saturated carbocycles. The van der Waals surface area contributed by atoms with E-state index < -0.39 is 0 Å². The maximum absolute atomic E-state index is 10.9. The van der Waals surface area contributed by atoms with Gasteiger partial charge in [-0.15, -0.1) is 0 Å². The van der Waals surface area contributed by atoms with Crippen LogP contribution in [0.4, 0.5) is 0 Å². The first-order valence-corrected chi connectivity index (χ1v) is 3.84. The highest BCUT2D eigenvalue weighted by molar-refractivity contribution is 9.10. The first-order valence-electron chi connectivity index (χ1n) is 2.67. The van der Waals surface area contributed by atoms with Gasteiger partial charge in [-0.25, -0.2) is 0 Å². The van der Waals surface area contributed by atoms with E-state index in [9.17, 15) is 5.21 Å². The van der Waals surface area contributed by atoms with Gasteiger partial charge in [0.2, 0.25) is 5.69 Å². The second-order valence-corrected chi connectivity index (χ2v) is 3.13. The first kappa shape index (κ1) is 7.82. The highest BCUT2D eigenvalue weighted by atomic mass is 79.9. The molecule has 0 unspecified atom stereocenters. The van der Waals surface area contributed by atoms with Gasteiger partial charge in [0.15, 0.2) is 0 Å². The molecule has 1 rings (SSSR count). The molecule has 0 radical (unpaired) electrons. The van der Waals surface area contributed by atoms with Crippen molar-refractivity contribution < 1.29 is 4.73 Å². The number of pyridine rings is 1. The summed E-state index contributed by atoms with van der Waals surface area (Å²) in [5.74, 6) is 0. The van der Waals surface area contributed by atoms with Crippen molar-refractivity contribution in [2.45, 2.75) is 6.92 Å². The average Bonchev–Trinajstić information content (AvgIpc) is 1.93. The van der Waals surface area contributed by atoms with Crippen molar-refractivity contribution in [3.8, 4) is 0 Å². The molecule has 0 N–H and O–H groups in total. The molecule has 0 saturated heterocycles. The molecular formula is C6H5BrClNO. The Balaban J connectivity index is 3.34. The molecule has 2 nitrogen and oxygen atoms in total. The molecular weight excluding hydrogens is 217 g/mol. The zero-order valence-corrected chi connectivity index (χ0v) is 7.61. The summed E-state index contributed by atoms with van der Waals surface area (Å²) in [5.41, 5.74) is 0.576. The molecule has 1 aromatic rings. The van der Waals surface area contributed by atoms with Crippen LogP contribution in [0, 0.1) is 12.1 Å². The van der Waals surface area contributed by atoms with Crippen molar-refractivity contribution in [3.63, 3.8) is 0 Å². The second kappa shape index (κ2) is 2.76. The molecule has 0 aliphatic rings. The van der Waals surface area contributed by atoms with E-state index in [1.807, 2.05) is 0 Å². The SMILES string of the molecule is Cc1c(Br)ccc(Cl)[n+]1[O-]. The van der Waals surface area contributed by atoms with E-state index in [1.54, 1.807) is 19.1 Å². The number of nitrogens with zero attached hydrogens (tertiary/aromatic N) is 1. The van der Waals surface area contributed by atoms with Crippen LogP contribution < -0.4 is 4.73 Å². The molecule has 0 atom stereocenters. The van der Waals surface area contributed by atoms with Crippen molar-refractivity contribution in [2.24, 2.45) is 0 Å². The van der Waals surface area contributed by atoms with Gasteiger partial charge in [0, 0.05) is 13.0 Å². The van der Waals surface area contributed by atoms with Crippen LogP contribution in [0.1, 0.15) is 5.69 Å². The Morgan fingerprint density at radius 2 is 2.20 bits per heavy atom. The molecule has 0 amide bonds. The van der Waals surface area contributed by atoms with Crippen LogP contribution in [0.5, 0.6) is 0 Å². The summed E-state index contributed by atoms with van der Waals surface area (Å²) < 4.78 is 1.44. The molecule has 0 aromatic carbocycles. The lowest BCUT2D eigenvalue weighted by Gasteiger charge is -2.02. The van der Waals surface area contributed by atoms with Gasteiger partial charge in [0.05, 0.1) is 4.47 Å². The van der Waals surface area contributed by atoms with Gasteiger partial charge in [-0.2, -0.15) is 4.73 Å². The topological polar surface area (TPSA) is 26.9 Å². The zero-order valence-electron chi connectivity index (χ0n) is 5.27. The zero-order chi connectivity index (χ0) is 7.72. The predicted octanol–water partition coefficient (Wildman–Crippen LogP) is 2.04. The minimum atomic E-state index is 0.195. The molecule has 0 spiro atoms. The lowest BCUT2D eigenvalue weighted by Crippen LogP contribution is -2.31. The largest absolute Gasteiger partial charge is 0.617 e. The summed E-state index contributed by atoms with van der Waals surface area (Å²) in [6.45, 7) is 1.70. The molecule has 0 fully saturated rings. The molecule has 0 aliphatic heterocycles. The molecule has 54 valence electrons. The number of hydrogen-bond donors (Lipinski definition) is 0. The van der Waals surface area contributed by atoms with Crippen LogP contribution in [0.15, 0.2) is 16.6 Å². The quantitative estimate of drug-likeness (QED) is 0.375. The average molecular weight is 222 g/mol. The normalized spacial score (nSPS) is 9.90. The van der Waals surface area contributed by atoms with E-state index in [2.05, 4.69) is 15.9 Å². The van der Waals surface area contributed by atoms with Crippen molar-refractivity contribution in [1.29, 1.82) is 0 Å². The van der Waals surface area contributed by atoms with Crippen molar-refractivity contribution in [1.82, 2.24) is 0 Å². The van der Waals surface area contributed by atoms with Gasteiger partial charge >= 0.3 is 0 Å². The summed E-state index contributed by atoms with van der Waals surface area (Å²) in [6.07, 6.45) is 0. The Morgan fingerprint density at radius 3 is 2.70 bits per heavy atom.